The molecule has 0 saturated carbocycles. The third-order valence-electron chi connectivity index (χ3n) is 13.8. The fourth-order valence-corrected chi connectivity index (χ4v) is 10.8. The van der Waals surface area contributed by atoms with E-state index in [0.29, 0.717) is 0 Å². The fourth-order valence-electron chi connectivity index (χ4n) is 10.8. The van der Waals surface area contributed by atoms with Gasteiger partial charge < -0.3 is 9.80 Å². The molecule has 0 heterocycles. The molecular formula is C63H46N2. The first-order valence-corrected chi connectivity index (χ1v) is 22.6. The van der Waals surface area contributed by atoms with E-state index in [1.165, 1.54) is 89.3 Å². The molecule has 0 N–H and O–H groups in total. The molecule has 308 valence electrons. The molecule has 0 fully saturated rings. The average molecular weight is 831 g/mol. The summed E-state index contributed by atoms with van der Waals surface area (Å²) in [6, 6.07) is 89.2. The van der Waals surface area contributed by atoms with Crippen molar-refractivity contribution >= 4 is 34.1 Å². The van der Waals surface area contributed by atoms with Crippen molar-refractivity contribution in [3.63, 3.8) is 0 Å². The Hall–Kier alpha value is -8.20. The van der Waals surface area contributed by atoms with E-state index in [1.54, 1.807) is 0 Å². The Morgan fingerprint density at radius 1 is 0.262 bits per heavy atom. The fraction of sp³-hybridized carbons (Fsp3) is 0.0476. The summed E-state index contributed by atoms with van der Waals surface area (Å²) < 4.78 is 0. The smallest absolute Gasteiger partial charge is 0.0726 e. The van der Waals surface area contributed by atoms with Gasteiger partial charge in [-0.25, -0.2) is 0 Å². The summed E-state index contributed by atoms with van der Waals surface area (Å²) in [5.41, 5.74) is 24.1. The van der Waals surface area contributed by atoms with Gasteiger partial charge in [-0.05, 0) is 141 Å². The Balaban J connectivity index is 0.989. The number of rotatable bonds is 8. The molecule has 1 spiro atoms. The van der Waals surface area contributed by atoms with Crippen LogP contribution in [0.4, 0.5) is 34.1 Å². The topological polar surface area (TPSA) is 6.48 Å². The second-order valence-electron chi connectivity index (χ2n) is 17.3. The molecule has 2 heteroatoms. The highest BCUT2D eigenvalue weighted by Gasteiger charge is 2.52. The van der Waals surface area contributed by atoms with Crippen molar-refractivity contribution in [1.82, 2.24) is 0 Å². The standard InChI is InChI=1S/C63H46N2/c1-43-17-6-14-28-59(43)65(60-29-15-7-18-44(60)2)51-41-35-48(36-42-51)47-33-39-50(40-34-47)64(49-37-31-46(32-38-49)45-19-4-3-5-20-45)61-30-16-27-58-62(61)54-23-10-13-26-57(54)63(58)55-24-11-8-21-52(55)53-22-9-12-25-56(53)63/h3-42H,1-2H3. The van der Waals surface area contributed by atoms with Crippen LogP contribution >= 0.6 is 0 Å². The lowest BCUT2D eigenvalue weighted by molar-refractivity contribution is 0.794. The molecule has 2 nitrogen and oxygen atoms in total. The maximum absolute atomic E-state index is 2.46. The highest BCUT2D eigenvalue weighted by Crippen LogP contribution is 2.64. The van der Waals surface area contributed by atoms with E-state index in [-0.39, 0.29) is 0 Å². The number of aryl methyl sites for hydroxylation is 2. The molecule has 10 aromatic rings. The van der Waals surface area contributed by atoms with Crippen LogP contribution in [-0.4, -0.2) is 0 Å². The number of nitrogens with zero attached hydrogens (tertiary/aromatic N) is 2. The number of hydrogen-bond donors (Lipinski definition) is 0. The zero-order valence-electron chi connectivity index (χ0n) is 36.5. The van der Waals surface area contributed by atoms with E-state index in [1.807, 2.05) is 0 Å². The summed E-state index contributed by atoms with van der Waals surface area (Å²) in [6.45, 7) is 4.37. The number of para-hydroxylation sites is 2. The summed E-state index contributed by atoms with van der Waals surface area (Å²) >= 11 is 0. The van der Waals surface area contributed by atoms with Crippen LogP contribution in [0.1, 0.15) is 33.4 Å². The van der Waals surface area contributed by atoms with Crippen molar-refractivity contribution in [2.24, 2.45) is 0 Å². The molecule has 0 unspecified atom stereocenters. The van der Waals surface area contributed by atoms with E-state index < -0.39 is 5.41 Å². The van der Waals surface area contributed by atoms with Crippen molar-refractivity contribution in [2.75, 3.05) is 9.80 Å². The Bertz CT molecular complexity index is 3290. The van der Waals surface area contributed by atoms with E-state index in [4.69, 9.17) is 0 Å². The summed E-state index contributed by atoms with van der Waals surface area (Å²) in [4.78, 5) is 4.84. The van der Waals surface area contributed by atoms with Gasteiger partial charge in [0.1, 0.15) is 0 Å². The van der Waals surface area contributed by atoms with Gasteiger partial charge in [0, 0.05) is 34.0 Å². The van der Waals surface area contributed by atoms with Crippen molar-refractivity contribution < 1.29 is 0 Å². The Morgan fingerprint density at radius 2 is 0.615 bits per heavy atom. The van der Waals surface area contributed by atoms with Crippen LogP contribution in [0, 0.1) is 13.8 Å². The van der Waals surface area contributed by atoms with Gasteiger partial charge in [0.25, 0.3) is 0 Å². The molecule has 65 heavy (non-hydrogen) atoms. The van der Waals surface area contributed by atoms with Crippen molar-refractivity contribution in [1.29, 1.82) is 0 Å². The molecule has 2 aliphatic rings. The zero-order chi connectivity index (χ0) is 43.5. The van der Waals surface area contributed by atoms with Gasteiger partial charge in [0.15, 0.2) is 0 Å². The SMILES string of the molecule is Cc1ccccc1N(c1ccc(-c2ccc(N(c3ccc(-c4ccccc4)cc3)c3cccc4c3-c3ccccc3C43c4ccccc4-c4ccccc43)cc2)cc1)c1ccccc1C. The zero-order valence-corrected chi connectivity index (χ0v) is 36.5. The van der Waals surface area contributed by atoms with Crippen molar-refractivity contribution in [2.45, 2.75) is 19.3 Å². The van der Waals surface area contributed by atoms with Crippen LogP contribution in [0.5, 0.6) is 0 Å². The Morgan fingerprint density at radius 3 is 1.11 bits per heavy atom. The summed E-state index contributed by atoms with van der Waals surface area (Å²) in [5, 5.41) is 0. The number of hydrogen-bond acceptors (Lipinski definition) is 2. The quantitative estimate of drug-likeness (QED) is 0.151. The van der Waals surface area contributed by atoms with E-state index >= 15 is 0 Å². The molecule has 0 radical (unpaired) electrons. The summed E-state index contributed by atoms with van der Waals surface area (Å²) in [6.07, 6.45) is 0. The Kier molecular flexibility index (Phi) is 9.21. The lowest BCUT2D eigenvalue weighted by atomic mass is 9.70. The van der Waals surface area contributed by atoms with Gasteiger partial charge in [-0.1, -0.05) is 188 Å². The van der Waals surface area contributed by atoms with Gasteiger partial charge in [-0.15, -0.1) is 0 Å². The van der Waals surface area contributed by atoms with Crippen molar-refractivity contribution in [3.05, 3.63) is 276 Å². The monoisotopic (exact) mass is 830 g/mol. The van der Waals surface area contributed by atoms with Gasteiger partial charge in [0.2, 0.25) is 0 Å². The lowest BCUT2D eigenvalue weighted by Gasteiger charge is -2.32. The maximum Gasteiger partial charge on any atom is 0.0726 e. The molecule has 0 atom stereocenters. The third kappa shape index (κ3) is 6.09. The molecule has 0 aliphatic heterocycles. The summed E-state index contributed by atoms with van der Waals surface area (Å²) in [5.74, 6) is 0. The van der Waals surface area contributed by atoms with E-state index in [2.05, 4.69) is 266 Å². The third-order valence-corrected chi connectivity index (χ3v) is 13.8. The molecule has 0 saturated heterocycles. The first-order chi connectivity index (χ1) is 32.1. The van der Waals surface area contributed by atoms with E-state index in [9.17, 15) is 0 Å². The van der Waals surface area contributed by atoms with Gasteiger partial charge >= 0.3 is 0 Å². The van der Waals surface area contributed by atoms with Crippen LogP contribution < -0.4 is 9.80 Å². The number of anilines is 6. The first kappa shape index (κ1) is 38.5. The molecule has 0 amide bonds. The number of benzene rings is 10. The minimum Gasteiger partial charge on any atom is -0.310 e. The molecule has 12 rings (SSSR count). The normalized spacial score (nSPS) is 12.6. The van der Waals surface area contributed by atoms with Crippen LogP contribution in [0.3, 0.4) is 0 Å². The average Bonchev–Trinajstić information content (AvgIpc) is 3.84. The largest absolute Gasteiger partial charge is 0.310 e. The van der Waals surface area contributed by atoms with E-state index in [0.717, 1.165) is 22.7 Å². The first-order valence-electron chi connectivity index (χ1n) is 22.6. The predicted octanol–water partition coefficient (Wildman–Crippen LogP) is 16.9. The Labute approximate surface area is 382 Å². The van der Waals surface area contributed by atoms with Crippen LogP contribution in [0.2, 0.25) is 0 Å². The van der Waals surface area contributed by atoms with Crippen LogP contribution in [0.25, 0.3) is 44.5 Å². The summed E-state index contributed by atoms with van der Waals surface area (Å²) in [7, 11) is 0. The second-order valence-corrected chi connectivity index (χ2v) is 17.3. The number of fused-ring (bicyclic) bond motifs is 10. The van der Waals surface area contributed by atoms with Gasteiger partial charge in [-0.3, -0.25) is 0 Å². The minimum absolute atomic E-state index is 0.429. The van der Waals surface area contributed by atoms with Crippen molar-refractivity contribution in [3.8, 4) is 44.5 Å². The predicted molar refractivity (Wildman–Crippen MR) is 272 cm³/mol. The highest BCUT2D eigenvalue weighted by atomic mass is 15.2. The second kappa shape index (κ2) is 15.6. The maximum atomic E-state index is 2.46. The van der Waals surface area contributed by atoms with Crippen LogP contribution in [0.15, 0.2) is 243 Å². The molecule has 0 bridgehead atoms. The molecule has 2 aliphatic carbocycles. The molecular weight excluding hydrogens is 785 g/mol. The molecule has 10 aromatic carbocycles. The lowest BCUT2D eigenvalue weighted by Crippen LogP contribution is -2.26. The highest BCUT2D eigenvalue weighted by molar-refractivity contribution is 6.01. The van der Waals surface area contributed by atoms with Gasteiger partial charge in [0.05, 0.1) is 11.1 Å². The van der Waals surface area contributed by atoms with Crippen LogP contribution in [-0.2, 0) is 5.41 Å². The minimum atomic E-state index is -0.429. The molecule has 0 aromatic heterocycles. The van der Waals surface area contributed by atoms with Gasteiger partial charge in [-0.2, -0.15) is 0 Å².